The lowest BCUT2D eigenvalue weighted by atomic mass is 10.0. The molecule has 1 aromatic carbocycles. The second-order valence-electron chi connectivity index (χ2n) is 3.33. The molecule has 0 saturated heterocycles. The molecule has 0 spiro atoms. The van der Waals surface area contributed by atoms with Crippen LogP contribution in [0, 0.1) is 0 Å². The molecule has 0 fully saturated rings. The van der Waals surface area contributed by atoms with Crippen LogP contribution in [0.2, 0.25) is 0 Å². The van der Waals surface area contributed by atoms with Gasteiger partial charge in [0.15, 0.2) is 11.5 Å². The lowest BCUT2D eigenvalue weighted by molar-refractivity contribution is 0.174. The predicted molar refractivity (Wildman–Crippen MR) is 50.0 cm³/mol. The fraction of sp³-hybridized carbons (Fsp3) is 0.400. The molecule has 0 bridgehead atoms. The number of hydrogen-bond donors (Lipinski definition) is 1. The summed E-state index contributed by atoms with van der Waals surface area (Å²) < 4.78 is 23.0. The molecule has 4 heteroatoms. The number of nitrogens with two attached hydrogens (primary N) is 1. The van der Waals surface area contributed by atoms with Gasteiger partial charge in [0, 0.05) is 6.04 Å². The van der Waals surface area contributed by atoms with Crippen molar-refractivity contribution in [2.75, 3.05) is 6.79 Å². The summed E-state index contributed by atoms with van der Waals surface area (Å²) in [6.07, 6.45) is 0. The Morgan fingerprint density at radius 1 is 1.43 bits per heavy atom. The van der Waals surface area contributed by atoms with E-state index in [2.05, 4.69) is 0 Å². The lowest BCUT2D eigenvalue weighted by Gasteiger charge is -2.11. The van der Waals surface area contributed by atoms with Crippen LogP contribution in [0.15, 0.2) is 12.1 Å². The summed E-state index contributed by atoms with van der Waals surface area (Å²) in [5.74, 6) is 1.25. The molecule has 2 rings (SSSR count). The summed E-state index contributed by atoms with van der Waals surface area (Å²) in [7, 11) is 0. The fourth-order valence-electron chi connectivity index (χ4n) is 1.54. The first-order valence-corrected chi connectivity index (χ1v) is 4.46. The van der Waals surface area contributed by atoms with Crippen LogP contribution >= 0.6 is 0 Å². The maximum Gasteiger partial charge on any atom is 0.231 e. The summed E-state index contributed by atoms with van der Waals surface area (Å²) in [4.78, 5) is 0. The van der Waals surface area contributed by atoms with Gasteiger partial charge in [-0.05, 0) is 30.2 Å². The van der Waals surface area contributed by atoms with Crippen LogP contribution in [-0.2, 0) is 6.67 Å². The van der Waals surface area contributed by atoms with Gasteiger partial charge in [-0.1, -0.05) is 0 Å². The molecule has 0 aliphatic carbocycles. The van der Waals surface area contributed by atoms with Crippen molar-refractivity contribution in [2.24, 2.45) is 5.73 Å². The highest BCUT2D eigenvalue weighted by Crippen LogP contribution is 2.36. The molecule has 0 radical (unpaired) electrons. The van der Waals surface area contributed by atoms with E-state index in [0.717, 1.165) is 5.56 Å². The number of hydrogen-bond acceptors (Lipinski definition) is 3. The second kappa shape index (κ2) is 3.46. The Hall–Kier alpha value is -1.29. The molecule has 76 valence electrons. The van der Waals surface area contributed by atoms with Gasteiger partial charge in [0.05, 0.1) is 0 Å². The molecule has 3 nitrogen and oxygen atoms in total. The van der Waals surface area contributed by atoms with E-state index in [0.29, 0.717) is 17.1 Å². The molecule has 0 amide bonds. The summed E-state index contributed by atoms with van der Waals surface area (Å²) in [6.45, 7) is 1.48. The van der Waals surface area contributed by atoms with E-state index in [9.17, 15) is 4.39 Å². The van der Waals surface area contributed by atoms with Crippen molar-refractivity contribution in [1.29, 1.82) is 0 Å². The number of alkyl halides is 1. The number of halogens is 1. The Morgan fingerprint density at radius 3 is 2.64 bits per heavy atom. The zero-order valence-electron chi connectivity index (χ0n) is 7.92. The maximum atomic E-state index is 12.7. The van der Waals surface area contributed by atoms with E-state index in [1.165, 1.54) is 0 Å². The fourth-order valence-corrected chi connectivity index (χ4v) is 1.54. The van der Waals surface area contributed by atoms with Crippen LogP contribution < -0.4 is 15.2 Å². The topological polar surface area (TPSA) is 44.5 Å². The van der Waals surface area contributed by atoms with Gasteiger partial charge in [0.2, 0.25) is 6.79 Å². The van der Waals surface area contributed by atoms with Crippen LogP contribution in [0.25, 0.3) is 0 Å². The Kier molecular flexibility index (Phi) is 2.29. The van der Waals surface area contributed by atoms with E-state index in [1.54, 1.807) is 12.1 Å². The highest BCUT2D eigenvalue weighted by molar-refractivity contribution is 5.49. The normalized spacial score (nSPS) is 15.6. The van der Waals surface area contributed by atoms with Crippen LogP contribution in [-0.4, -0.2) is 6.79 Å². The highest BCUT2D eigenvalue weighted by Gasteiger charge is 2.18. The molecule has 1 aliphatic rings. The largest absolute Gasteiger partial charge is 0.454 e. The van der Waals surface area contributed by atoms with Gasteiger partial charge in [-0.25, -0.2) is 4.39 Å². The van der Waals surface area contributed by atoms with E-state index in [4.69, 9.17) is 15.2 Å². The molecule has 0 aromatic heterocycles. The SMILES string of the molecule is CC(N)c1cc2c(cc1CF)OCO2. The average molecular weight is 197 g/mol. The third-order valence-corrected chi connectivity index (χ3v) is 2.27. The standard InChI is InChI=1S/C10H12FNO2/c1-6(12)8-3-10-9(13-5-14-10)2-7(8)4-11/h2-3,6H,4-5,12H2,1H3. The van der Waals surface area contributed by atoms with Crippen molar-refractivity contribution >= 4 is 0 Å². The van der Waals surface area contributed by atoms with Gasteiger partial charge in [0.25, 0.3) is 0 Å². The minimum atomic E-state index is -0.534. The molecule has 1 aliphatic heterocycles. The minimum Gasteiger partial charge on any atom is -0.454 e. The summed E-state index contributed by atoms with van der Waals surface area (Å²) >= 11 is 0. The van der Waals surface area contributed by atoms with Crippen molar-refractivity contribution in [2.45, 2.75) is 19.6 Å². The van der Waals surface area contributed by atoms with Crippen LogP contribution in [0.5, 0.6) is 11.5 Å². The Morgan fingerprint density at radius 2 is 2.07 bits per heavy atom. The van der Waals surface area contributed by atoms with Crippen molar-refractivity contribution in [1.82, 2.24) is 0 Å². The van der Waals surface area contributed by atoms with E-state index < -0.39 is 6.67 Å². The van der Waals surface area contributed by atoms with E-state index in [-0.39, 0.29) is 12.8 Å². The van der Waals surface area contributed by atoms with Crippen molar-refractivity contribution in [3.8, 4) is 11.5 Å². The molecule has 2 N–H and O–H groups in total. The Balaban J connectivity index is 2.49. The first-order valence-electron chi connectivity index (χ1n) is 4.46. The number of benzene rings is 1. The van der Waals surface area contributed by atoms with Crippen molar-refractivity contribution < 1.29 is 13.9 Å². The Bertz CT molecular complexity index is 352. The summed E-state index contributed by atoms with van der Waals surface area (Å²) in [6, 6.07) is 3.21. The highest BCUT2D eigenvalue weighted by atomic mass is 19.1. The first-order chi connectivity index (χ1) is 6.72. The monoisotopic (exact) mass is 197 g/mol. The number of rotatable bonds is 2. The van der Waals surface area contributed by atoms with Gasteiger partial charge in [-0.15, -0.1) is 0 Å². The van der Waals surface area contributed by atoms with Crippen molar-refractivity contribution in [3.05, 3.63) is 23.3 Å². The number of fused-ring (bicyclic) bond motifs is 1. The van der Waals surface area contributed by atoms with Gasteiger partial charge < -0.3 is 15.2 Å². The Labute approximate surface area is 81.6 Å². The molecular formula is C10H12FNO2. The van der Waals surface area contributed by atoms with Crippen LogP contribution in [0.1, 0.15) is 24.1 Å². The summed E-state index contributed by atoms with van der Waals surface area (Å²) in [5.41, 5.74) is 7.07. The van der Waals surface area contributed by atoms with Crippen LogP contribution in [0.3, 0.4) is 0 Å². The second-order valence-corrected chi connectivity index (χ2v) is 3.33. The van der Waals surface area contributed by atoms with E-state index >= 15 is 0 Å². The van der Waals surface area contributed by atoms with Gasteiger partial charge in [0.1, 0.15) is 6.67 Å². The first kappa shape index (κ1) is 9.27. The van der Waals surface area contributed by atoms with E-state index in [1.807, 2.05) is 6.92 Å². The molecule has 1 unspecified atom stereocenters. The van der Waals surface area contributed by atoms with Crippen molar-refractivity contribution in [3.63, 3.8) is 0 Å². The third kappa shape index (κ3) is 1.42. The quantitative estimate of drug-likeness (QED) is 0.787. The van der Waals surface area contributed by atoms with Gasteiger partial charge >= 0.3 is 0 Å². The van der Waals surface area contributed by atoms with Gasteiger partial charge in [-0.2, -0.15) is 0 Å². The molecule has 1 heterocycles. The lowest BCUT2D eigenvalue weighted by Crippen LogP contribution is -2.07. The third-order valence-electron chi connectivity index (χ3n) is 2.27. The van der Waals surface area contributed by atoms with Gasteiger partial charge in [-0.3, -0.25) is 0 Å². The predicted octanol–water partition coefficient (Wildman–Crippen LogP) is 1.90. The average Bonchev–Trinajstić information content (AvgIpc) is 2.62. The maximum absolute atomic E-state index is 12.7. The molecule has 1 atom stereocenters. The zero-order valence-corrected chi connectivity index (χ0v) is 7.92. The molecule has 0 saturated carbocycles. The minimum absolute atomic E-state index is 0.198. The number of ether oxygens (including phenoxy) is 2. The molecule has 1 aromatic rings. The van der Waals surface area contributed by atoms with Crippen LogP contribution in [0.4, 0.5) is 4.39 Å². The molecular weight excluding hydrogens is 185 g/mol. The smallest absolute Gasteiger partial charge is 0.231 e. The summed E-state index contributed by atoms with van der Waals surface area (Å²) in [5, 5.41) is 0. The molecule has 14 heavy (non-hydrogen) atoms. The zero-order chi connectivity index (χ0) is 10.1.